The maximum Gasteiger partial charge on any atom is 0.338 e. The lowest BCUT2D eigenvalue weighted by atomic mass is 9.93. The quantitative estimate of drug-likeness (QED) is 0.614. The summed E-state index contributed by atoms with van der Waals surface area (Å²) in [5.74, 6) is -2.04. The van der Waals surface area contributed by atoms with Crippen molar-refractivity contribution in [3.8, 4) is 11.1 Å². The molecule has 25 heavy (non-hydrogen) atoms. The van der Waals surface area contributed by atoms with Gasteiger partial charge in [-0.25, -0.2) is 14.4 Å². The van der Waals surface area contributed by atoms with Gasteiger partial charge in [0.2, 0.25) is 0 Å². The van der Waals surface area contributed by atoms with E-state index in [0.29, 0.717) is 11.1 Å². The molecule has 0 aromatic heterocycles. The van der Waals surface area contributed by atoms with Crippen molar-refractivity contribution in [2.75, 3.05) is 20.8 Å². The van der Waals surface area contributed by atoms with Crippen LogP contribution in [0.15, 0.2) is 42.5 Å². The Labute approximate surface area is 145 Å². The molecule has 0 aliphatic rings. The molecule has 0 heterocycles. The van der Waals surface area contributed by atoms with Crippen molar-refractivity contribution >= 4 is 17.9 Å². The van der Waals surface area contributed by atoms with Crippen LogP contribution in [-0.4, -0.2) is 38.7 Å². The minimum atomic E-state index is -0.745. The number of benzene rings is 2. The standard InChI is InChI=1S/C19H18O6/c1-4-25-19(22)14-11-16(18(21)24-3)15(17(20)23-2)10-13(14)12-8-6-5-7-9-12/h5-11H,4H2,1-3H3. The Morgan fingerprint density at radius 2 is 1.36 bits per heavy atom. The van der Waals surface area contributed by atoms with Gasteiger partial charge in [-0.05, 0) is 30.2 Å². The van der Waals surface area contributed by atoms with Gasteiger partial charge in [0.05, 0.1) is 37.5 Å². The fourth-order valence-electron chi connectivity index (χ4n) is 2.39. The lowest BCUT2D eigenvalue weighted by molar-refractivity contribution is 0.0523. The highest BCUT2D eigenvalue weighted by Gasteiger charge is 2.25. The minimum Gasteiger partial charge on any atom is -0.465 e. The SMILES string of the molecule is CCOC(=O)c1cc(C(=O)OC)c(C(=O)OC)cc1-c1ccccc1. The molecule has 0 saturated heterocycles. The van der Waals surface area contributed by atoms with Gasteiger partial charge < -0.3 is 14.2 Å². The van der Waals surface area contributed by atoms with E-state index in [4.69, 9.17) is 14.2 Å². The van der Waals surface area contributed by atoms with Crippen molar-refractivity contribution in [1.82, 2.24) is 0 Å². The van der Waals surface area contributed by atoms with Gasteiger partial charge in [-0.3, -0.25) is 0 Å². The largest absolute Gasteiger partial charge is 0.465 e. The van der Waals surface area contributed by atoms with Crippen LogP contribution in [0.5, 0.6) is 0 Å². The molecule has 6 heteroatoms. The summed E-state index contributed by atoms with van der Waals surface area (Å²) in [4.78, 5) is 36.5. The Morgan fingerprint density at radius 1 is 0.800 bits per heavy atom. The molecule has 0 N–H and O–H groups in total. The first-order valence-corrected chi connectivity index (χ1v) is 7.60. The number of carbonyl (C=O) groups is 3. The van der Waals surface area contributed by atoms with Crippen molar-refractivity contribution < 1.29 is 28.6 Å². The summed E-state index contributed by atoms with van der Waals surface area (Å²) in [5.41, 5.74) is 1.29. The predicted molar refractivity (Wildman–Crippen MR) is 90.5 cm³/mol. The first-order chi connectivity index (χ1) is 12.0. The van der Waals surface area contributed by atoms with Gasteiger partial charge in [0.1, 0.15) is 0 Å². The van der Waals surface area contributed by atoms with Crippen LogP contribution in [0, 0.1) is 0 Å². The molecule has 0 amide bonds. The zero-order chi connectivity index (χ0) is 18.4. The summed E-state index contributed by atoms with van der Waals surface area (Å²) in [6.07, 6.45) is 0. The van der Waals surface area contributed by atoms with Crippen LogP contribution in [-0.2, 0) is 14.2 Å². The zero-order valence-electron chi connectivity index (χ0n) is 14.2. The highest BCUT2D eigenvalue weighted by molar-refractivity contribution is 6.08. The third kappa shape index (κ3) is 3.85. The van der Waals surface area contributed by atoms with Crippen LogP contribution >= 0.6 is 0 Å². The Morgan fingerprint density at radius 3 is 1.88 bits per heavy atom. The molecular formula is C19H18O6. The second-order valence-corrected chi connectivity index (χ2v) is 5.01. The molecule has 0 spiro atoms. The summed E-state index contributed by atoms with van der Waals surface area (Å²) in [7, 11) is 2.41. The van der Waals surface area contributed by atoms with Gasteiger partial charge in [-0.15, -0.1) is 0 Å². The number of esters is 3. The van der Waals surface area contributed by atoms with Crippen LogP contribution < -0.4 is 0 Å². The van der Waals surface area contributed by atoms with Crippen molar-refractivity contribution in [2.24, 2.45) is 0 Å². The van der Waals surface area contributed by atoms with Crippen LogP contribution in [0.2, 0.25) is 0 Å². The smallest absolute Gasteiger partial charge is 0.338 e. The van der Waals surface area contributed by atoms with E-state index >= 15 is 0 Å². The number of carbonyl (C=O) groups excluding carboxylic acids is 3. The second kappa shape index (κ2) is 8.10. The molecule has 2 aromatic rings. The van der Waals surface area contributed by atoms with Gasteiger partial charge >= 0.3 is 17.9 Å². The molecule has 0 aliphatic heterocycles. The summed E-state index contributed by atoms with van der Waals surface area (Å²) >= 11 is 0. The molecule has 0 saturated carbocycles. The molecule has 2 aromatic carbocycles. The van der Waals surface area contributed by atoms with E-state index in [0.717, 1.165) is 0 Å². The first-order valence-electron chi connectivity index (χ1n) is 7.60. The Hall–Kier alpha value is -3.15. The fourth-order valence-corrected chi connectivity index (χ4v) is 2.39. The highest BCUT2D eigenvalue weighted by atomic mass is 16.5. The molecule has 0 bridgehead atoms. The maximum absolute atomic E-state index is 12.4. The van der Waals surface area contributed by atoms with Gasteiger partial charge in [0.25, 0.3) is 0 Å². The second-order valence-electron chi connectivity index (χ2n) is 5.01. The van der Waals surface area contributed by atoms with Gasteiger partial charge in [0, 0.05) is 0 Å². The van der Waals surface area contributed by atoms with E-state index in [1.165, 1.54) is 26.4 Å². The fraction of sp³-hybridized carbons (Fsp3) is 0.211. The van der Waals surface area contributed by atoms with E-state index in [1.807, 2.05) is 6.07 Å². The lowest BCUT2D eigenvalue weighted by Gasteiger charge is -2.14. The van der Waals surface area contributed by atoms with E-state index in [1.54, 1.807) is 31.2 Å². The molecule has 130 valence electrons. The molecular weight excluding hydrogens is 324 g/mol. The Bertz CT molecular complexity index is 795. The van der Waals surface area contributed by atoms with Crippen LogP contribution in [0.3, 0.4) is 0 Å². The van der Waals surface area contributed by atoms with E-state index in [9.17, 15) is 14.4 Å². The van der Waals surface area contributed by atoms with Gasteiger partial charge in [0.15, 0.2) is 0 Å². The van der Waals surface area contributed by atoms with Crippen molar-refractivity contribution in [2.45, 2.75) is 6.92 Å². The lowest BCUT2D eigenvalue weighted by Crippen LogP contribution is -2.15. The van der Waals surface area contributed by atoms with Gasteiger partial charge in [-0.1, -0.05) is 30.3 Å². The molecule has 0 aliphatic carbocycles. The molecule has 6 nitrogen and oxygen atoms in total. The molecule has 0 radical (unpaired) electrons. The van der Waals surface area contributed by atoms with Crippen molar-refractivity contribution in [3.05, 3.63) is 59.2 Å². The number of hydrogen-bond acceptors (Lipinski definition) is 6. The van der Waals surface area contributed by atoms with E-state index < -0.39 is 17.9 Å². The molecule has 0 unspecified atom stereocenters. The van der Waals surface area contributed by atoms with Crippen LogP contribution in [0.25, 0.3) is 11.1 Å². The van der Waals surface area contributed by atoms with E-state index in [-0.39, 0.29) is 23.3 Å². The summed E-state index contributed by atoms with van der Waals surface area (Å²) in [6.45, 7) is 1.86. The topological polar surface area (TPSA) is 78.9 Å². The number of hydrogen-bond donors (Lipinski definition) is 0. The number of methoxy groups -OCH3 is 2. The normalized spacial score (nSPS) is 10.0. The average Bonchev–Trinajstić information content (AvgIpc) is 2.66. The third-order valence-corrected chi connectivity index (χ3v) is 3.55. The minimum absolute atomic E-state index is 0.0150. The molecule has 0 fully saturated rings. The first kappa shape index (κ1) is 18.2. The highest BCUT2D eigenvalue weighted by Crippen LogP contribution is 2.29. The third-order valence-electron chi connectivity index (χ3n) is 3.55. The van der Waals surface area contributed by atoms with Crippen LogP contribution in [0.4, 0.5) is 0 Å². The number of ether oxygens (including phenoxy) is 3. The average molecular weight is 342 g/mol. The van der Waals surface area contributed by atoms with Crippen molar-refractivity contribution in [1.29, 1.82) is 0 Å². The van der Waals surface area contributed by atoms with E-state index in [2.05, 4.69) is 0 Å². The predicted octanol–water partition coefficient (Wildman–Crippen LogP) is 3.10. The molecule has 2 rings (SSSR count). The zero-order valence-corrected chi connectivity index (χ0v) is 14.2. The Balaban J connectivity index is 2.77. The van der Waals surface area contributed by atoms with Crippen LogP contribution in [0.1, 0.15) is 38.0 Å². The Kier molecular flexibility index (Phi) is 5.89. The maximum atomic E-state index is 12.4. The molecule has 0 atom stereocenters. The summed E-state index contributed by atoms with van der Waals surface area (Å²) in [6, 6.07) is 11.8. The number of rotatable bonds is 5. The summed E-state index contributed by atoms with van der Waals surface area (Å²) < 4.78 is 14.5. The summed E-state index contributed by atoms with van der Waals surface area (Å²) in [5, 5.41) is 0. The van der Waals surface area contributed by atoms with Gasteiger partial charge in [-0.2, -0.15) is 0 Å². The monoisotopic (exact) mass is 342 g/mol. The van der Waals surface area contributed by atoms with Crippen molar-refractivity contribution in [3.63, 3.8) is 0 Å².